The summed E-state index contributed by atoms with van der Waals surface area (Å²) in [5.74, 6) is -0.126. The van der Waals surface area contributed by atoms with Crippen molar-refractivity contribution in [2.24, 2.45) is 0 Å². The van der Waals surface area contributed by atoms with E-state index in [0.717, 1.165) is 5.56 Å². The maximum absolute atomic E-state index is 5.88. The second-order valence-electron chi connectivity index (χ2n) is 4.45. The molecule has 1 fully saturated rings. The van der Waals surface area contributed by atoms with Crippen LogP contribution in [-0.2, 0) is 15.3 Å². The first-order valence-corrected chi connectivity index (χ1v) is 6.71. The van der Waals surface area contributed by atoms with Crippen molar-refractivity contribution in [2.45, 2.75) is 12.2 Å². The van der Waals surface area contributed by atoms with Crippen molar-refractivity contribution in [3.05, 3.63) is 48.0 Å². The summed E-state index contributed by atoms with van der Waals surface area (Å²) in [4.78, 5) is 0. The number of rotatable bonds is 3. The van der Waals surface area contributed by atoms with Gasteiger partial charge >= 0.3 is 0 Å². The van der Waals surface area contributed by atoms with Crippen LogP contribution in [0.2, 0.25) is 0 Å². The second kappa shape index (κ2) is 4.88. The summed E-state index contributed by atoms with van der Waals surface area (Å²) in [6.45, 7) is 1.26. The van der Waals surface area contributed by atoms with Crippen molar-refractivity contribution >= 4 is 22.4 Å². The zero-order valence-electron chi connectivity index (χ0n) is 10.1. The number of hydrogen-bond donors (Lipinski definition) is 0. The monoisotopic (exact) mass is 262 g/mol. The number of ether oxygens (including phenoxy) is 2. The third kappa shape index (κ3) is 2.01. The Morgan fingerprint density at radius 2 is 1.72 bits per heavy atom. The summed E-state index contributed by atoms with van der Waals surface area (Å²) in [5, 5.41) is 2.42. The molecular formula is C15H15ClO2. The summed E-state index contributed by atoms with van der Waals surface area (Å²) in [5.41, 5.74) is 1.05. The van der Waals surface area contributed by atoms with Crippen molar-refractivity contribution in [1.29, 1.82) is 0 Å². The second-order valence-corrected chi connectivity index (χ2v) is 4.83. The fourth-order valence-electron chi connectivity index (χ4n) is 2.46. The largest absolute Gasteiger partial charge is 0.343 e. The Morgan fingerprint density at radius 1 is 1.00 bits per heavy atom. The standard InChI is InChI=1S/C15H15ClO2/c16-8-7-15(17-9-10-18-15)14-6-5-12-3-1-2-4-13(12)11-14/h1-6,11H,7-10H2. The van der Waals surface area contributed by atoms with Crippen LogP contribution in [0.15, 0.2) is 42.5 Å². The van der Waals surface area contributed by atoms with Gasteiger partial charge in [-0.3, -0.25) is 0 Å². The fourth-order valence-corrected chi connectivity index (χ4v) is 2.71. The highest BCUT2D eigenvalue weighted by molar-refractivity contribution is 6.17. The Bertz CT molecular complexity index is 547. The molecule has 0 saturated carbocycles. The molecule has 3 rings (SSSR count). The van der Waals surface area contributed by atoms with Gasteiger partial charge < -0.3 is 9.47 Å². The van der Waals surface area contributed by atoms with Gasteiger partial charge in [0.2, 0.25) is 0 Å². The van der Waals surface area contributed by atoms with Crippen LogP contribution < -0.4 is 0 Å². The molecule has 0 radical (unpaired) electrons. The predicted octanol–water partition coefficient (Wildman–Crippen LogP) is 3.67. The van der Waals surface area contributed by atoms with Crippen LogP contribution in [0.3, 0.4) is 0 Å². The number of benzene rings is 2. The third-order valence-corrected chi connectivity index (χ3v) is 3.56. The molecule has 0 aliphatic carbocycles. The summed E-state index contributed by atoms with van der Waals surface area (Å²) < 4.78 is 11.6. The molecule has 2 aromatic rings. The van der Waals surface area contributed by atoms with Crippen molar-refractivity contribution in [3.63, 3.8) is 0 Å². The van der Waals surface area contributed by atoms with E-state index < -0.39 is 5.79 Å². The highest BCUT2D eigenvalue weighted by Crippen LogP contribution is 2.36. The SMILES string of the molecule is ClCCC1(c2ccc3ccccc3c2)OCCO1. The van der Waals surface area contributed by atoms with Crippen LogP contribution in [0.25, 0.3) is 10.8 Å². The van der Waals surface area contributed by atoms with Gasteiger partial charge in [-0.05, 0) is 16.8 Å². The molecule has 0 unspecified atom stereocenters. The molecule has 2 aromatic carbocycles. The fraction of sp³-hybridized carbons (Fsp3) is 0.333. The van der Waals surface area contributed by atoms with Crippen LogP contribution >= 0.6 is 11.6 Å². The minimum Gasteiger partial charge on any atom is -0.343 e. The molecule has 0 N–H and O–H groups in total. The Hall–Kier alpha value is -1.09. The first-order chi connectivity index (χ1) is 8.84. The molecule has 2 nitrogen and oxygen atoms in total. The van der Waals surface area contributed by atoms with Gasteiger partial charge in [0.1, 0.15) is 0 Å². The van der Waals surface area contributed by atoms with E-state index in [1.165, 1.54) is 10.8 Å². The highest BCUT2D eigenvalue weighted by atomic mass is 35.5. The smallest absolute Gasteiger partial charge is 0.196 e. The van der Waals surface area contributed by atoms with Gasteiger partial charge in [0.05, 0.1) is 13.2 Å². The lowest BCUT2D eigenvalue weighted by atomic mass is 9.99. The lowest BCUT2D eigenvalue weighted by Gasteiger charge is -2.27. The molecule has 1 aliphatic rings. The summed E-state index contributed by atoms with van der Waals surface area (Å²) in [7, 11) is 0. The number of hydrogen-bond acceptors (Lipinski definition) is 2. The molecule has 94 valence electrons. The highest BCUT2D eigenvalue weighted by Gasteiger charge is 2.37. The average molecular weight is 263 g/mol. The number of halogens is 1. The van der Waals surface area contributed by atoms with Crippen LogP contribution in [0.4, 0.5) is 0 Å². The Labute approximate surface area is 111 Å². The van der Waals surface area contributed by atoms with E-state index in [4.69, 9.17) is 21.1 Å². The first-order valence-electron chi connectivity index (χ1n) is 6.17. The van der Waals surface area contributed by atoms with Gasteiger partial charge in [0.15, 0.2) is 5.79 Å². The van der Waals surface area contributed by atoms with Crippen molar-refractivity contribution in [1.82, 2.24) is 0 Å². The van der Waals surface area contributed by atoms with E-state index in [0.29, 0.717) is 25.5 Å². The van der Waals surface area contributed by atoms with Gasteiger partial charge in [0.25, 0.3) is 0 Å². The number of alkyl halides is 1. The lowest BCUT2D eigenvalue weighted by molar-refractivity contribution is -0.166. The Kier molecular flexibility index (Phi) is 3.25. The van der Waals surface area contributed by atoms with E-state index >= 15 is 0 Å². The average Bonchev–Trinajstić information content (AvgIpc) is 2.88. The van der Waals surface area contributed by atoms with Crippen molar-refractivity contribution in [3.8, 4) is 0 Å². The number of fused-ring (bicyclic) bond motifs is 1. The van der Waals surface area contributed by atoms with E-state index in [2.05, 4.69) is 30.3 Å². The van der Waals surface area contributed by atoms with Gasteiger partial charge in [0, 0.05) is 17.9 Å². The normalized spacial score (nSPS) is 18.3. The summed E-state index contributed by atoms with van der Waals surface area (Å²) in [6, 6.07) is 14.6. The molecule has 0 aromatic heterocycles. The molecule has 18 heavy (non-hydrogen) atoms. The molecule has 3 heteroatoms. The molecule has 0 bridgehead atoms. The molecule has 1 aliphatic heterocycles. The van der Waals surface area contributed by atoms with Gasteiger partial charge in [-0.2, -0.15) is 0 Å². The lowest BCUT2D eigenvalue weighted by Crippen LogP contribution is -2.27. The van der Waals surface area contributed by atoms with Crippen LogP contribution in [0.1, 0.15) is 12.0 Å². The topological polar surface area (TPSA) is 18.5 Å². The van der Waals surface area contributed by atoms with E-state index in [1.54, 1.807) is 0 Å². The third-order valence-electron chi connectivity index (χ3n) is 3.37. The van der Waals surface area contributed by atoms with Gasteiger partial charge in [-0.15, -0.1) is 11.6 Å². The molecule has 0 spiro atoms. The van der Waals surface area contributed by atoms with Crippen LogP contribution in [0, 0.1) is 0 Å². The Balaban J connectivity index is 2.06. The molecule has 0 amide bonds. The zero-order valence-corrected chi connectivity index (χ0v) is 10.8. The van der Waals surface area contributed by atoms with Gasteiger partial charge in [-0.1, -0.05) is 36.4 Å². The molecule has 1 heterocycles. The maximum atomic E-state index is 5.88. The Morgan fingerprint density at radius 3 is 2.44 bits per heavy atom. The molecule has 0 atom stereocenters. The van der Waals surface area contributed by atoms with Crippen molar-refractivity contribution < 1.29 is 9.47 Å². The summed E-state index contributed by atoms with van der Waals surface area (Å²) in [6.07, 6.45) is 0.674. The van der Waals surface area contributed by atoms with Crippen molar-refractivity contribution in [2.75, 3.05) is 19.1 Å². The minimum absolute atomic E-state index is 0.521. The molecule has 1 saturated heterocycles. The predicted molar refractivity (Wildman–Crippen MR) is 72.9 cm³/mol. The van der Waals surface area contributed by atoms with E-state index in [9.17, 15) is 0 Å². The summed E-state index contributed by atoms with van der Waals surface area (Å²) >= 11 is 5.88. The van der Waals surface area contributed by atoms with Gasteiger partial charge in [-0.25, -0.2) is 0 Å². The van der Waals surface area contributed by atoms with E-state index in [1.807, 2.05) is 12.1 Å². The quantitative estimate of drug-likeness (QED) is 0.786. The van der Waals surface area contributed by atoms with Crippen LogP contribution in [-0.4, -0.2) is 19.1 Å². The minimum atomic E-state index is -0.647. The van der Waals surface area contributed by atoms with E-state index in [-0.39, 0.29) is 0 Å². The maximum Gasteiger partial charge on any atom is 0.196 e. The molecular weight excluding hydrogens is 248 g/mol. The first kappa shape index (κ1) is 12.0. The zero-order chi connectivity index (χ0) is 12.4. The van der Waals surface area contributed by atoms with Crippen LogP contribution in [0.5, 0.6) is 0 Å².